The third-order valence-corrected chi connectivity index (χ3v) is 5.16. The molecule has 168 valence electrons. The number of anilines is 2. The average molecular weight is 452 g/mol. The lowest BCUT2D eigenvalue weighted by Crippen LogP contribution is -2.13. The number of carbonyl (C=O) groups is 2. The summed E-state index contributed by atoms with van der Waals surface area (Å²) < 4.78 is 7.16. The van der Waals surface area contributed by atoms with Crippen molar-refractivity contribution in [2.45, 2.75) is 13.5 Å². The second kappa shape index (κ2) is 8.99. The Hall–Kier alpha value is -4.79. The molecule has 0 spiro atoms. The third-order valence-electron chi connectivity index (χ3n) is 5.16. The van der Waals surface area contributed by atoms with Gasteiger partial charge in [0.1, 0.15) is 12.3 Å². The zero-order valence-corrected chi connectivity index (χ0v) is 18.2. The predicted octanol–water partition coefficient (Wildman–Crippen LogP) is 4.35. The Kier molecular flexibility index (Phi) is 5.57. The highest BCUT2D eigenvalue weighted by Gasteiger charge is 2.18. The molecule has 4 heterocycles. The summed E-state index contributed by atoms with van der Waals surface area (Å²) in [7, 11) is 0. The normalized spacial score (nSPS) is 10.9. The molecule has 2 amide bonds. The van der Waals surface area contributed by atoms with Crippen LogP contribution >= 0.6 is 0 Å². The SMILES string of the molecule is CC(=O)Nc1ccc(NC(=O)c2cc(-c3cccnc3)nc3c2cnn3Cc2ccco2)cc1. The van der Waals surface area contributed by atoms with E-state index < -0.39 is 0 Å². The van der Waals surface area contributed by atoms with Gasteiger partial charge in [-0.2, -0.15) is 5.10 Å². The molecular weight excluding hydrogens is 432 g/mol. The van der Waals surface area contributed by atoms with Gasteiger partial charge in [-0.1, -0.05) is 0 Å². The number of hydrogen-bond donors (Lipinski definition) is 2. The highest BCUT2D eigenvalue weighted by atomic mass is 16.3. The quantitative estimate of drug-likeness (QED) is 0.396. The molecule has 1 aromatic carbocycles. The molecule has 5 aromatic rings. The lowest BCUT2D eigenvalue weighted by Gasteiger charge is -2.10. The second-order valence-electron chi connectivity index (χ2n) is 7.63. The molecule has 0 saturated carbocycles. The first-order chi connectivity index (χ1) is 16.6. The number of amides is 2. The molecule has 0 aliphatic carbocycles. The Morgan fingerprint density at radius 2 is 1.79 bits per heavy atom. The van der Waals surface area contributed by atoms with Crippen molar-refractivity contribution in [3.8, 4) is 11.3 Å². The van der Waals surface area contributed by atoms with Crippen molar-refractivity contribution in [1.82, 2.24) is 19.7 Å². The number of pyridine rings is 2. The van der Waals surface area contributed by atoms with Crippen LogP contribution in [-0.2, 0) is 11.3 Å². The standard InChI is InChI=1S/C25H20N6O3/c1-16(32)28-18-6-8-19(9-7-18)29-25(33)21-12-23(17-4-2-10-26-13-17)30-24-22(21)14-27-31(24)15-20-5-3-11-34-20/h2-14H,15H2,1H3,(H,28,32)(H,29,33). The van der Waals surface area contributed by atoms with Crippen LogP contribution in [0.3, 0.4) is 0 Å². The maximum atomic E-state index is 13.3. The number of aromatic nitrogens is 4. The monoisotopic (exact) mass is 452 g/mol. The van der Waals surface area contributed by atoms with Crippen LogP contribution in [0.25, 0.3) is 22.3 Å². The highest BCUT2D eigenvalue weighted by Crippen LogP contribution is 2.26. The van der Waals surface area contributed by atoms with Crippen molar-refractivity contribution in [3.05, 3.63) is 90.8 Å². The Morgan fingerprint density at radius 3 is 2.47 bits per heavy atom. The Balaban J connectivity index is 1.53. The third kappa shape index (κ3) is 4.40. The van der Waals surface area contributed by atoms with E-state index in [1.165, 1.54) is 6.92 Å². The van der Waals surface area contributed by atoms with E-state index in [2.05, 4.69) is 20.7 Å². The van der Waals surface area contributed by atoms with Crippen LogP contribution in [0.1, 0.15) is 23.0 Å². The molecule has 9 nitrogen and oxygen atoms in total. The van der Waals surface area contributed by atoms with Crippen molar-refractivity contribution in [2.24, 2.45) is 0 Å². The Bertz CT molecular complexity index is 1460. The Labute approximate surface area is 194 Å². The number of rotatable bonds is 6. The minimum Gasteiger partial charge on any atom is -0.467 e. The molecule has 0 unspecified atom stereocenters. The molecular formula is C25H20N6O3. The fraction of sp³-hybridized carbons (Fsp3) is 0.0800. The maximum Gasteiger partial charge on any atom is 0.256 e. The van der Waals surface area contributed by atoms with Crippen molar-refractivity contribution < 1.29 is 14.0 Å². The molecule has 0 atom stereocenters. The molecule has 5 rings (SSSR count). The van der Waals surface area contributed by atoms with Crippen LogP contribution < -0.4 is 10.6 Å². The first-order valence-corrected chi connectivity index (χ1v) is 10.6. The number of carbonyl (C=O) groups excluding carboxylic acids is 2. The van der Waals surface area contributed by atoms with Gasteiger partial charge in [-0.05, 0) is 54.6 Å². The fourth-order valence-corrected chi connectivity index (χ4v) is 3.60. The number of nitrogens with one attached hydrogen (secondary N) is 2. The van der Waals surface area contributed by atoms with E-state index in [1.807, 2.05) is 24.3 Å². The van der Waals surface area contributed by atoms with E-state index in [0.717, 1.165) is 11.3 Å². The van der Waals surface area contributed by atoms with E-state index >= 15 is 0 Å². The average Bonchev–Trinajstić information content (AvgIpc) is 3.50. The second-order valence-corrected chi connectivity index (χ2v) is 7.63. The van der Waals surface area contributed by atoms with Crippen molar-refractivity contribution in [3.63, 3.8) is 0 Å². The summed E-state index contributed by atoms with van der Waals surface area (Å²) >= 11 is 0. The van der Waals surface area contributed by atoms with E-state index in [9.17, 15) is 9.59 Å². The van der Waals surface area contributed by atoms with Gasteiger partial charge < -0.3 is 15.1 Å². The van der Waals surface area contributed by atoms with Crippen LogP contribution in [0.4, 0.5) is 11.4 Å². The van der Waals surface area contributed by atoms with Gasteiger partial charge in [0.25, 0.3) is 5.91 Å². The number of nitrogens with zero attached hydrogens (tertiary/aromatic N) is 4. The van der Waals surface area contributed by atoms with Gasteiger partial charge in [-0.25, -0.2) is 9.67 Å². The zero-order chi connectivity index (χ0) is 23.5. The van der Waals surface area contributed by atoms with Crippen molar-refractivity contribution in [2.75, 3.05) is 10.6 Å². The lowest BCUT2D eigenvalue weighted by molar-refractivity contribution is -0.114. The minimum absolute atomic E-state index is 0.162. The van der Waals surface area contributed by atoms with Crippen molar-refractivity contribution in [1.29, 1.82) is 0 Å². The number of furan rings is 1. The van der Waals surface area contributed by atoms with E-state index in [0.29, 0.717) is 40.2 Å². The van der Waals surface area contributed by atoms with Gasteiger partial charge in [-0.15, -0.1) is 0 Å². The van der Waals surface area contributed by atoms with Gasteiger partial charge in [-0.3, -0.25) is 14.6 Å². The topological polar surface area (TPSA) is 115 Å². The number of hydrogen-bond acceptors (Lipinski definition) is 6. The van der Waals surface area contributed by atoms with Crippen LogP contribution in [0, 0.1) is 0 Å². The summed E-state index contributed by atoms with van der Waals surface area (Å²) in [5.74, 6) is 0.261. The summed E-state index contributed by atoms with van der Waals surface area (Å²) in [6, 6.07) is 16.0. The van der Waals surface area contributed by atoms with Gasteiger partial charge in [0.05, 0.1) is 29.1 Å². The summed E-state index contributed by atoms with van der Waals surface area (Å²) in [5, 5.41) is 10.7. The summed E-state index contributed by atoms with van der Waals surface area (Å²) in [5.41, 5.74) is 3.62. The van der Waals surface area contributed by atoms with E-state index in [1.54, 1.807) is 59.9 Å². The first kappa shape index (κ1) is 21.1. The van der Waals surface area contributed by atoms with Gasteiger partial charge in [0.15, 0.2) is 5.65 Å². The van der Waals surface area contributed by atoms with E-state index in [-0.39, 0.29) is 11.8 Å². The van der Waals surface area contributed by atoms with Crippen LogP contribution in [-0.4, -0.2) is 31.6 Å². The summed E-state index contributed by atoms with van der Waals surface area (Å²) in [6.07, 6.45) is 6.62. The molecule has 34 heavy (non-hydrogen) atoms. The molecule has 0 fully saturated rings. The smallest absolute Gasteiger partial charge is 0.256 e. The number of fused-ring (bicyclic) bond motifs is 1. The molecule has 0 bridgehead atoms. The molecule has 0 radical (unpaired) electrons. The zero-order valence-electron chi connectivity index (χ0n) is 18.2. The molecule has 2 N–H and O–H groups in total. The summed E-state index contributed by atoms with van der Waals surface area (Å²) in [6.45, 7) is 1.82. The molecule has 9 heteroatoms. The van der Waals surface area contributed by atoms with Gasteiger partial charge in [0, 0.05) is 36.3 Å². The van der Waals surface area contributed by atoms with Gasteiger partial charge in [0.2, 0.25) is 5.91 Å². The van der Waals surface area contributed by atoms with Gasteiger partial charge >= 0.3 is 0 Å². The minimum atomic E-state index is -0.303. The lowest BCUT2D eigenvalue weighted by atomic mass is 10.1. The van der Waals surface area contributed by atoms with E-state index in [4.69, 9.17) is 9.40 Å². The Morgan fingerprint density at radius 1 is 1.00 bits per heavy atom. The molecule has 4 aromatic heterocycles. The summed E-state index contributed by atoms with van der Waals surface area (Å²) in [4.78, 5) is 33.5. The predicted molar refractivity (Wildman–Crippen MR) is 127 cm³/mol. The molecule has 0 saturated heterocycles. The molecule has 0 aliphatic heterocycles. The van der Waals surface area contributed by atoms with Crippen molar-refractivity contribution >= 4 is 34.2 Å². The van der Waals surface area contributed by atoms with Crippen LogP contribution in [0.5, 0.6) is 0 Å². The van der Waals surface area contributed by atoms with Crippen LogP contribution in [0.2, 0.25) is 0 Å². The largest absolute Gasteiger partial charge is 0.467 e. The highest BCUT2D eigenvalue weighted by molar-refractivity contribution is 6.12. The number of benzene rings is 1. The first-order valence-electron chi connectivity index (χ1n) is 10.6. The van der Waals surface area contributed by atoms with Crippen LogP contribution in [0.15, 0.2) is 83.9 Å². The fourth-order valence-electron chi connectivity index (χ4n) is 3.60. The molecule has 0 aliphatic rings. The maximum absolute atomic E-state index is 13.3.